The number of benzene rings is 1. The fourth-order valence-corrected chi connectivity index (χ4v) is 4.98. The number of carbonyl (C=O) groups excluding carboxylic acids is 4. The van der Waals surface area contributed by atoms with Crippen LogP contribution in [0.25, 0.3) is 0 Å². The Hall–Kier alpha value is -3.80. The second-order valence-corrected chi connectivity index (χ2v) is 10.9. The van der Waals surface area contributed by atoms with Gasteiger partial charge in [0.1, 0.15) is 24.5 Å². The predicted octanol–water partition coefficient (Wildman–Crippen LogP) is 0.653. The molecule has 40 heavy (non-hydrogen) atoms. The molecular weight excluding hydrogens is 514 g/mol. The minimum atomic E-state index is -0.825. The maximum Gasteiger partial charge on any atom is 0.252 e. The van der Waals surface area contributed by atoms with Crippen molar-refractivity contribution in [1.29, 1.82) is 0 Å². The van der Waals surface area contributed by atoms with Crippen molar-refractivity contribution in [2.24, 2.45) is 5.92 Å². The van der Waals surface area contributed by atoms with Gasteiger partial charge >= 0.3 is 0 Å². The van der Waals surface area contributed by atoms with Crippen molar-refractivity contribution in [3.05, 3.63) is 47.5 Å². The van der Waals surface area contributed by atoms with Crippen LogP contribution >= 0.6 is 0 Å². The van der Waals surface area contributed by atoms with E-state index >= 15 is 0 Å². The highest BCUT2D eigenvalue weighted by Gasteiger charge is 2.34. The summed E-state index contributed by atoms with van der Waals surface area (Å²) in [5.41, 5.74) is 0.956. The molecule has 2 aliphatic heterocycles. The van der Waals surface area contributed by atoms with E-state index in [-0.39, 0.29) is 43.3 Å². The molecule has 216 valence electrons. The monoisotopic (exact) mass is 553 g/mol. The average molecular weight is 554 g/mol. The predicted molar refractivity (Wildman–Crippen MR) is 146 cm³/mol. The largest absolute Gasteiger partial charge is 0.368 e. The third-order valence-electron chi connectivity index (χ3n) is 7.20. The Morgan fingerprint density at radius 2 is 1.80 bits per heavy atom. The summed E-state index contributed by atoms with van der Waals surface area (Å²) in [6.07, 6.45) is 1.13. The van der Waals surface area contributed by atoms with Crippen LogP contribution in [0.4, 0.5) is 0 Å². The number of nitrogens with one attached hydrogen (secondary N) is 3. The van der Waals surface area contributed by atoms with E-state index in [9.17, 15) is 19.2 Å². The van der Waals surface area contributed by atoms with E-state index in [1.165, 1.54) is 9.58 Å². The average Bonchev–Trinajstić information content (AvgIpc) is 3.56. The van der Waals surface area contributed by atoms with Crippen LogP contribution in [0, 0.1) is 12.8 Å². The Morgan fingerprint density at radius 1 is 1.07 bits per heavy atom. The minimum Gasteiger partial charge on any atom is -0.368 e. The van der Waals surface area contributed by atoms with Crippen LogP contribution in [0.1, 0.15) is 56.9 Å². The zero-order valence-corrected chi connectivity index (χ0v) is 23.6. The summed E-state index contributed by atoms with van der Waals surface area (Å²) in [6, 6.07) is 7.73. The van der Waals surface area contributed by atoms with Gasteiger partial charge in [-0.2, -0.15) is 5.10 Å². The maximum absolute atomic E-state index is 13.6. The molecule has 2 aromatic rings. The molecule has 3 heterocycles. The minimum absolute atomic E-state index is 0.0478. The van der Waals surface area contributed by atoms with Gasteiger partial charge in [-0.1, -0.05) is 44.2 Å². The molecule has 4 rings (SSSR count). The van der Waals surface area contributed by atoms with Gasteiger partial charge in [0.2, 0.25) is 17.7 Å². The standard InChI is InChI=1S/C28H39N7O5/c1-17(2)22-14-34(28(39)23-11-8-12-40-23)15-24(36)31-21(13-20-9-6-5-7-10-20)26-30-19(4)33-35(26)16-25(37)29-18(3)27(38)32-22/h5-7,9-10,17-18,21-23H,8,11-16H2,1-4H3,(H,29,37)(H,31,36)(H,32,38)/t18-,21+,22-,23+/m1/s1. The highest BCUT2D eigenvalue weighted by molar-refractivity contribution is 5.89. The SMILES string of the molecule is Cc1nc2n(n1)CC(=O)N[C@H](C)C(=O)N[C@@H](C(C)C)CN(C(=O)[C@@H]1CCCO1)CC(=O)N[C@H]2Cc1ccccc1. The van der Waals surface area contributed by atoms with Gasteiger partial charge in [0.15, 0.2) is 5.82 Å². The van der Waals surface area contributed by atoms with Crippen LogP contribution < -0.4 is 16.0 Å². The van der Waals surface area contributed by atoms with Crippen molar-refractivity contribution < 1.29 is 23.9 Å². The van der Waals surface area contributed by atoms with Gasteiger partial charge in [-0.05, 0) is 44.6 Å². The molecule has 0 bridgehead atoms. The zero-order chi connectivity index (χ0) is 28.8. The second-order valence-electron chi connectivity index (χ2n) is 10.9. The number of carbonyl (C=O) groups is 4. The Kier molecular flexibility index (Phi) is 9.51. The van der Waals surface area contributed by atoms with Gasteiger partial charge in [-0.25, -0.2) is 9.67 Å². The highest BCUT2D eigenvalue weighted by Crippen LogP contribution is 2.20. The molecule has 4 atom stereocenters. The van der Waals surface area contributed by atoms with E-state index in [4.69, 9.17) is 4.74 Å². The zero-order valence-electron chi connectivity index (χ0n) is 23.6. The van der Waals surface area contributed by atoms with Crippen LogP contribution in [-0.2, 0) is 36.9 Å². The number of aromatic nitrogens is 3. The molecule has 12 heteroatoms. The number of hydrogen-bond acceptors (Lipinski definition) is 7. The molecule has 3 N–H and O–H groups in total. The van der Waals surface area contributed by atoms with Crippen molar-refractivity contribution >= 4 is 23.6 Å². The summed E-state index contributed by atoms with van der Waals surface area (Å²) in [4.78, 5) is 59.1. The van der Waals surface area contributed by atoms with E-state index in [1.807, 2.05) is 44.2 Å². The Morgan fingerprint density at radius 3 is 2.48 bits per heavy atom. The summed E-state index contributed by atoms with van der Waals surface area (Å²) in [5, 5.41) is 13.1. The number of hydrogen-bond donors (Lipinski definition) is 3. The van der Waals surface area contributed by atoms with Crippen LogP contribution in [0.15, 0.2) is 30.3 Å². The van der Waals surface area contributed by atoms with Crippen LogP contribution in [0.2, 0.25) is 0 Å². The summed E-state index contributed by atoms with van der Waals surface area (Å²) < 4.78 is 7.10. The van der Waals surface area contributed by atoms with Gasteiger partial charge in [-0.15, -0.1) is 0 Å². The summed E-state index contributed by atoms with van der Waals surface area (Å²) in [7, 11) is 0. The Bertz CT molecular complexity index is 1210. The lowest BCUT2D eigenvalue weighted by atomic mass is 10.0. The van der Waals surface area contributed by atoms with Gasteiger partial charge in [-0.3, -0.25) is 19.2 Å². The van der Waals surface area contributed by atoms with Crippen LogP contribution in [0.5, 0.6) is 0 Å². The smallest absolute Gasteiger partial charge is 0.252 e. The van der Waals surface area contributed by atoms with Crippen molar-refractivity contribution in [2.75, 3.05) is 19.7 Å². The molecule has 1 aromatic heterocycles. The molecular formula is C28H39N7O5. The normalized spacial score (nSPS) is 24.9. The van der Waals surface area contributed by atoms with E-state index in [0.29, 0.717) is 31.1 Å². The first kappa shape index (κ1) is 29.2. The first-order chi connectivity index (χ1) is 19.1. The third kappa shape index (κ3) is 7.44. The Labute approximate surface area is 234 Å². The topological polar surface area (TPSA) is 148 Å². The highest BCUT2D eigenvalue weighted by atomic mass is 16.5. The second kappa shape index (κ2) is 13.0. The number of rotatable bonds is 4. The number of nitrogens with zero attached hydrogens (tertiary/aromatic N) is 4. The maximum atomic E-state index is 13.6. The summed E-state index contributed by atoms with van der Waals surface area (Å²) >= 11 is 0. The van der Waals surface area contributed by atoms with Crippen LogP contribution in [-0.4, -0.2) is 81.2 Å². The third-order valence-corrected chi connectivity index (χ3v) is 7.20. The lowest BCUT2D eigenvalue weighted by Crippen LogP contribution is -2.55. The number of ether oxygens (including phenoxy) is 1. The van der Waals surface area contributed by atoms with Gasteiger partial charge < -0.3 is 25.6 Å². The molecule has 0 radical (unpaired) electrons. The van der Waals surface area contributed by atoms with Crippen molar-refractivity contribution in [2.45, 2.75) is 77.7 Å². The lowest BCUT2D eigenvalue weighted by molar-refractivity contribution is -0.145. The van der Waals surface area contributed by atoms with Crippen molar-refractivity contribution in [3.8, 4) is 0 Å². The number of amides is 4. The first-order valence-corrected chi connectivity index (χ1v) is 13.9. The number of aryl methyl sites for hydroxylation is 1. The molecule has 0 saturated carbocycles. The van der Waals surface area contributed by atoms with Crippen LogP contribution in [0.3, 0.4) is 0 Å². The van der Waals surface area contributed by atoms with Gasteiger partial charge in [0.25, 0.3) is 5.91 Å². The molecule has 0 spiro atoms. The van der Waals surface area contributed by atoms with Crippen molar-refractivity contribution in [1.82, 2.24) is 35.6 Å². The summed E-state index contributed by atoms with van der Waals surface area (Å²) in [6.45, 7) is 7.40. The van der Waals surface area contributed by atoms with E-state index in [1.54, 1.807) is 13.8 Å². The summed E-state index contributed by atoms with van der Waals surface area (Å²) in [5.74, 6) is -0.658. The van der Waals surface area contributed by atoms with Gasteiger partial charge in [0.05, 0.1) is 12.6 Å². The molecule has 1 saturated heterocycles. The van der Waals surface area contributed by atoms with E-state index < -0.39 is 30.1 Å². The molecule has 4 amide bonds. The Balaban J connectivity index is 1.70. The first-order valence-electron chi connectivity index (χ1n) is 13.9. The van der Waals surface area contributed by atoms with Crippen molar-refractivity contribution in [3.63, 3.8) is 0 Å². The fraction of sp³-hybridized carbons (Fsp3) is 0.571. The molecule has 0 unspecified atom stereocenters. The van der Waals surface area contributed by atoms with E-state index in [0.717, 1.165) is 12.0 Å². The quantitative estimate of drug-likeness (QED) is 0.504. The molecule has 0 aliphatic carbocycles. The van der Waals surface area contributed by atoms with Gasteiger partial charge in [0, 0.05) is 19.2 Å². The fourth-order valence-electron chi connectivity index (χ4n) is 4.98. The van der Waals surface area contributed by atoms with E-state index in [2.05, 4.69) is 26.0 Å². The lowest BCUT2D eigenvalue weighted by Gasteiger charge is -2.32. The molecule has 1 aromatic carbocycles. The molecule has 12 nitrogen and oxygen atoms in total. The molecule has 2 aliphatic rings. The molecule has 1 fully saturated rings. The number of fused-ring (bicyclic) bond motifs is 1.